The number of carbonyl (C=O) groups excluding carboxylic acids is 1. The molecule has 132 valence electrons. The molecule has 3 nitrogen and oxygen atoms in total. The summed E-state index contributed by atoms with van der Waals surface area (Å²) in [6.07, 6.45) is 0. The Kier molecular flexibility index (Phi) is 4.72. The van der Waals surface area contributed by atoms with E-state index < -0.39 is 0 Å². The van der Waals surface area contributed by atoms with Crippen LogP contribution in [0.4, 0.5) is 0 Å². The molecule has 1 saturated heterocycles. The molecule has 0 spiro atoms. The smallest absolute Gasteiger partial charge is 0.253 e. The van der Waals surface area contributed by atoms with Gasteiger partial charge in [-0.05, 0) is 35.4 Å². The lowest BCUT2D eigenvalue weighted by atomic mass is 10.0. The maximum Gasteiger partial charge on any atom is 0.253 e. The zero-order valence-electron chi connectivity index (χ0n) is 15.1. The highest BCUT2D eigenvalue weighted by Crippen LogP contribution is 2.22. The molecular formula is C23H24N2O. The van der Waals surface area contributed by atoms with Crippen LogP contribution in [0, 0.1) is 0 Å². The minimum atomic E-state index is 0.141. The molecular weight excluding hydrogens is 320 g/mol. The van der Waals surface area contributed by atoms with E-state index in [0.717, 1.165) is 37.1 Å². The second-order valence-corrected chi connectivity index (χ2v) is 6.98. The van der Waals surface area contributed by atoms with Crippen LogP contribution in [0.1, 0.15) is 28.9 Å². The summed E-state index contributed by atoms with van der Waals surface area (Å²) in [6, 6.07) is 25.1. The minimum absolute atomic E-state index is 0.141. The molecule has 1 amide bonds. The van der Waals surface area contributed by atoms with Crippen LogP contribution < -0.4 is 0 Å². The lowest BCUT2D eigenvalue weighted by molar-refractivity contribution is 0.0582. The molecule has 1 atom stereocenters. The molecule has 1 aliphatic rings. The van der Waals surface area contributed by atoms with Crippen molar-refractivity contribution in [1.82, 2.24) is 9.80 Å². The van der Waals surface area contributed by atoms with Crippen LogP contribution in [0.25, 0.3) is 10.8 Å². The molecule has 0 radical (unpaired) electrons. The molecule has 0 aromatic heterocycles. The number of rotatable bonds is 3. The third-order valence-electron chi connectivity index (χ3n) is 5.43. The molecule has 1 heterocycles. The fourth-order valence-electron chi connectivity index (χ4n) is 3.76. The Labute approximate surface area is 154 Å². The number of amides is 1. The van der Waals surface area contributed by atoms with Gasteiger partial charge < -0.3 is 4.90 Å². The van der Waals surface area contributed by atoms with Crippen molar-refractivity contribution < 1.29 is 4.79 Å². The summed E-state index contributed by atoms with van der Waals surface area (Å²) in [7, 11) is 0. The van der Waals surface area contributed by atoms with Gasteiger partial charge in [-0.3, -0.25) is 9.69 Å². The van der Waals surface area contributed by atoms with Crippen molar-refractivity contribution in [3.63, 3.8) is 0 Å². The van der Waals surface area contributed by atoms with Crippen LogP contribution in [0.3, 0.4) is 0 Å². The second kappa shape index (κ2) is 7.30. The van der Waals surface area contributed by atoms with Crippen LogP contribution >= 0.6 is 0 Å². The van der Waals surface area contributed by atoms with Gasteiger partial charge in [0.25, 0.3) is 5.91 Å². The average Bonchev–Trinajstić information content (AvgIpc) is 2.73. The molecule has 26 heavy (non-hydrogen) atoms. The summed E-state index contributed by atoms with van der Waals surface area (Å²) in [5.74, 6) is 0.141. The second-order valence-electron chi connectivity index (χ2n) is 6.98. The Morgan fingerprint density at radius 3 is 2.19 bits per heavy atom. The predicted octanol–water partition coefficient (Wildman–Crippen LogP) is 4.36. The molecule has 0 aliphatic carbocycles. The number of hydrogen-bond donors (Lipinski definition) is 0. The third kappa shape index (κ3) is 3.35. The van der Waals surface area contributed by atoms with Gasteiger partial charge in [0.1, 0.15) is 0 Å². The first-order valence-electron chi connectivity index (χ1n) is 9.29. The quantitative estimate of drug-likeness (QED) is 0.705. The molecule has 0 N–H and O–H groups in total. The van der Waals surface area contributed by atoms with Crippen LogP contribution in [-0.2, 0) is 0 Å². The number of fused-ring (bicyclic) bond motifs is 1. The third-order valence-corrected chi connectivity index (χ3v) is 5.43. The van der Waals surface area contributed by atoms with Crippen molar-refractivity contribution in [3.8, 4) is 0 Å². The summed E-state index contributed by atoms with van der Waals surface area (Å²) in [4.78, 5) is 17.3. The fourth-order valence-corrected chi connectivity index (χ4v) is 3.76. The van der Waals surface area contributed by atoms with Crippen molar-refractivity contribution >= 4 is 16.7 Å². The topological polar surface area (TPSA) is 23.6 Å². The van der Waals surface area contributed by atoms with E-state index in [2.05, 4.69) is 54.3 Å². The molecule has 0 bridgehead atoms. The van der Waals surface area contributed by atoms with E-state index in [1.165, 1.54) is 10.9 Å². The van der Waals surface area contributed by atoms with Gasteiger partial charge in [0.05, 0.1) is 0 Å². The van der Waals surface area contributed by atoms with Gasteiger partial charge in [0.15, 0.2) is 0 Å². The number of piperazine rings is 1. The first-order valence-corrected chi connectivity index (χ1v) is 9.29. The van der Waals surface area contributed by atoms with E-state index in [1.54, 1.807) is 0 Å². The molecule has 3 aromatic carbocycles. The van der Waals surface area contributed by atoms with E-state index in [0.29, 0.717) is 6.04 Å². The van der Waals surface area contributed by atoms with Gasteiger partial charge >= 0.3 is 0 Å². The van der Waals surface area contributed by atoms with Crippen molar-refractivity contribution in [3.05, 3.63) is 83.9 Å². The van der Waals surface area contributed by atoms with E-state index in [4.69, 9.17) is 0 Å². The first-order chi connectivity index (χ1) is 12.7. The number of hydrogen-bond acceptors (Lipinski definition) is 2. The fraction of sp³-hybridized carbons (Fsp3) is 0.261. The van der Waals surface area contributed by atoms with Crippen molar-refractivity contribution in [1.29, 1.82) is 0 Å². The maximum atomic E-state index is 12.9. The number of nitrogens with zero attached hydrogens (tertiary/aromatic N) is 2. The van der Waals surface area contributed by atoms with Gasteiger partial charge in [-0.15, -0.1) is 0 Å². The van der Waals surface area contributed by atoms with Crippen LogP contribution in [0.5, 0.6) is 0 Å². The normalized spacial score (nSPS) is 16.6. The van der Waals surface area contributed by atoms with Gasteiger partial charge in [0.2, 0.25) is 0 Å². The van der Waals surface area contributed by atoms with E-state index in [-0.39, 0.29) is 5.91 Å². The molecule has 3 aromatic rings. The monoisotopic (exact) mass is 344 g/mol. The van der Waals surface area contributed by atoms with Gasteiger partial charge in [-0.1, -0.05) is 60.7 Å². The highest BCUT2D eigenvalue weighted by Gasteiger charge is 2.25. The lowest BCUT2D eigenvalue weighted by Crippen LogP contribution is -2.49. The Bertz CT molecular complexity index is 898. The van der Waals surface area contributed by atoms with Crippen molar-refractivity contribution in [2.24, 2.45) is 0 Å². The molecule has 0 saturated carbocycles. The maximum absolute atomic E-state index is 12.9. The number of benzene rings is 3. The first kappa shape index (κ1) is 16.8. The zero-order valence-corrected chi connectivity index (χ0v) is 15.1. The Morgan fingerprint density at radius 2 is 1.46 bits per heavy atom. The molecule has 4 rings (SSSR count). The van der Waals surface area contributed by atoms with Gasteiger partial charge in [0, 0.05) is 37.8 Å². The van der Waals surface area contributed by atoms with Crippen LogP contribution in [0.15, 0.2) is 72.8 Å². The Balaban J connectivity index is 1.43. The lowest BCUT2D eigenvalue weighted by Gasteiger charge is -2.38. The largest absolute Gasteiger partial charge is 0.336 e. The van der Waals surface area contributed by atoms with Crippen molar-refractivity contribution in [2.45, 2.75) is 13.0 Å². The van der Waals surface area contributed by atoms with Gasteiger partial charge in [-0.25, -0.2) is 0 Å². The van der Waals surface area contributed by atoms with Gasteiger partial charge in [-0.2, -0.15) is 0 Å². The van der Waals surface area contributed by atoms with Crippen LogP contribution in [-0.4, -0.2) is 41.9 Å². The average molecular weight is 344 g/mol. The highest BCUT2D eigenvalue weighted by atomic mass is 16.2. The zero-order chi connectivity index (χ0) is 17.9. The standard InChI is InChI=1S/C23H24N2O/c1-18(19-7-3-2-4-8-19)24-13-15-25(16-14-24)23(26)22-12-11-20-9-5-6-10-21(20)17-22/h2-12,17-18H,13-16H2,1H3. The van der Waals surface area contributed by atoms with E-state index in [1.807, 2.05) is 35.2 Å². The molecule has 1 unspecified atom stereocenters. The minimum Gasteiger partial charge on any atom is -0.336 e. The summed E-state index contributed by atoms with van der Waals surface area (Å²) >= 11 is 0. The highest BCUT2D eigenvalue weighted by molar-refractivity contribution is 5.98. The molecule has 1 fully saturated rings. The summed E-state index contributed by atoms with van der Waals surface area (Å²) in [6.45, 7) is 5.63. The Hall–Kier alpha value is -2.65. The van der Waals surface area contributed by atoms with E-state index >= 15 is 0 Å². The summed E-state index contributed by atoms with van der Waals surface area (Å²) in [5.41, 5.74) is 2.12. The molecule has 1 aliphatic heterocycles. The van der Waals surface area contributed by atoms with E-state index in [9.17, 15) is 4.79 Å². The summed E-state index contributed by atoms with van der Waals surface area (Å²) in [5, 5.41) is 2.29. The van der Waals surface area contributed by atoms with Crippen LogP contribution in [0.2, 0.25) is 0 Å². The Morgan fingerprint density at radius 1 is 0.808 bits per heavy atom. The number of carbonyl (C=O) groups is 1. The SMILES string of the molecule is CC(c1ccccc1)N1CCN(C(=O)c2ccc3ccccc3c2)CC1. The summed E-state index contributed by atoms with van der Waals surface area (Å²) < 4.78 is 0. The van der Waals surface area contributed by atoms with Crippen molar-refractivity contribution in [2.75, 3.05) is 26.2 Å². The molecule has 3 heteroatoms. The predicted molar refractivity (Wildman–Crippen MR) is 106 cm³/mol.